The van der Waals surface area contributed by atoms with E-state index in [9.17, 15) is 0 Å². The van der Waals surface area contributed by atoms with Crippen molar-refractivity contribution in [1.29, 1.82) is 0 Å². The second-order valence-electron chi connectivity index (χ2n) is 3.12. The molecule has 2 fully saturated rings. The zero-order valence-electron chi connectivity index (χ0n) is 6.69. The fraction of sp³-hybridized carbons (Fsp3) is 1.00. The Bertz CT molecular complexity index is 58.1. The molecule has 0 aromatic rings. The van der Waals surface area contributed by atoms with E-state index in [-0.39, 0.29) is 0 Å². The standard InChI is InChI=1S/C7H12.C2H6/c1-2-7-4-3-6(1)5-7;1-2/h6-7H,1-5H2;1-2H3. The van der Waals surface area contributed by atoms with E-state index in [4.69, 9.17) is 0 Å². The van der Waals surface area contributed by atoms with Crippen molar-refractivity contribution in [3.8, 4) is 0 Å². The van der Waals surface area contributed by atoms with Gasteiger partial charge in [0.2, 0.25) is 0 Å². The number of fused-ring (bicyclic) bond motifs is 2. The molecule has 2 saturated carbocycles. The van der Waals surface area contributed by atoms with Crippen molar-refractivity contribution in [3.05, 3.63) is 0 Å². The van der Waals surface area contributed by atoms with Gasteiger partial charge >= 0.3 is 0 Å². The average Bonchev–Trinajstić information content (AvgIpc) is 2.53. The highest BCUT2D eigenvalue weighted by molar-refractivity contribution is 4.82. The highest BCUT2D eigenvalue weighted by atomic mass is 14.4. The van der Waals surface area contributed by atoms with Crippen LogP contribution in [0, 0.1) is 11.8 Å². The van der Waals surface area contributed by atoms with Crippen LogP contribution in [0.3, 0.4) is 0 Å². The first-order chi connectivity index (χ1) is 4.45. The molecule has 0 spiro atoms. The highest BCUT2D eigenvalue weighted by Gasteiger charge is 2.30. The van der Waals surface area contributed by atoms with Gasteiger partial charge in [-0.3, -0.25) is 0 Å². The van der Waals surface area contributed by atoms with Crippen molar-refractivity contribution in [2.75, 3.05) is 0 Å². The van der Waals surface area contributed by atoms with E-state index < -0.39 is 0 Å². The monoisotopic (exact) mass is 126 g/mol. The van der Waals surface area contributed by atoms with Gasteiger partial charge in [-0.15, -0.1) is 0 Å². The first-order valence-electron chi connectivity index (χ1n) is 4.45. The molecule has 0 unspecified atom stereocenters. The predicted molar refractivity (Wildman–Crippen MR) is 41.4 cm³/mol. The van der Waals surface area contributed by atoms with Gasteiger partial charge < -0.3 is 0 Å². The van der Waals surface area contributed by atoms with E-state index in [1.807, 2.05) is 13.8 Å². The lowest BCUT2D eigenvalue weighted by Crippen LogP contribution is -1.90. The van der Waals surface area contributed by atoms with E-state index in [0.29, 0.717) is 0 Å². The van der Waals surface area contributed by atoms with Gasteiger partial charge in [-0.1, -0.05) is 39.5 Å². The van der Waals surface area contributed by atoms with Crippen LogP contribution in [0.5, 0.6) is 0 Å². The van der Waals surface area contributed by atoms with Crippen LogP contribution in [0.2, 0.25) is 0 Å². The summed E-state index contributed by atoms with van der Waals surface area (Å²) in [4.78, 5) is 0. The van der Waals surface area contributed by atoms with Gasteiger partial charge in [0.05, 0.1) is 0 Å². The summed E-state index contributed by atoms with van der Waals surface area (Å²) < 4.78 is 0. The Balaban J connectivity index is 0.000000186. The third-order valence-corrected chi connectivity index (χ3v) is 2.63. The van der Waals surface area contributed by atoms with Crippen molar-refractivity contribution in [1.82, 2.24) is 0 Å². The summed E-state index contributed by atoms with van der Waals surface area (Å²) in [7, 11) is 0. The molecule has 0 N–H and O–H groups in total. The average molecular weight is 126 g/mol. The molecule has 0 heteroatoms. The summed E-state index contributed by atoms with van der Waals surface area (Å²) in [6.45, 7) is 4.00. The summed E-state index contributed by atoms with van der Waals surface area (Å²) in [5.41, 5.74) is 0. The molecule has 0 amide bonds. The van der Waals surface area contributed by atoms with Gasteiger partial charge in [-0.25, -0.2) is 0 Å². The molecule has 2 aliphatic carbocycles. The van der Waals surface area contributed by atoms with Crippen molar-refractivity contribution in [2.24, 2.45) is 11.8 Å². The number of hydrogen-bond acceptors (Lipinski definition) is 0. The molecule has 0 aliphatic heterocycles. The summed E-state index contributed by atoms with van der Waals surface area (Å²) >= 11 is 0. The fourth-order valence-electron chi connectivity index (χ4n) is 2.17. The molecule has 54 valence electrons. The number of rotatable bonds is 0. The summed E-state index contributed by atoms with van der Waals surface area (Å²) in [5.74, 6) is 2.34. The van der Waals surface area contributed by atoms with Crippen molar-refractivity contribution in [2.45, 2.75) is 46.0 Å². The van der Waals surface area contributed by atoms with E-state index >= 15 is 0 Å². The molecule has 9 heavy (non-hydrogen) atoms. The van der Waals surface area contributed by atoms with E-state index in [2.05, 4.69) is 0 Å². The predicted octanol–water partition coefficient (Wildman–Crippen LogP) is 3.22. The minimum absolute atomic E-state index is 1.17. The first-order valence-corrected chi connectivity index (χ1v) is 4.45. The summed E-state index contributed by atoms with van der Waals surface area (Å²) in [6, 6.07) is 0. The highest BCUT2D eigenvalue weighted by Crippen LogP contribution is 2.43. The minimum Gasteiger partial charge on any atom is -0.0683 e. The second-order valence-corrected chi connectivity index (χ2v) is 3.12. The first kappa shape index (κ1) is 7.11. The number of hydrogen-bond donors (Lipinski definition) is 0. The van der Waals surface area contributed by atoms with Crippen LogP contribution in [0.4, 0.5) is 0 Å². The van der Waals surface area contributed by atoms with E-state index in [0.717, 1.165) is 0 Å². The van der Waals surface area contributed by atoms with Gasteiger partial charge in [0.15, 0.2) is 0 Å². The molecular formula is C9H18. The van der Waals surface area contributed by atoms with E-state index in [1.165, 1.54) is 11.8 Å². The third kappa shape index (κ3) is 1.47. The largest absolute Gasteiger partial charge is 0.0683 e. The van der Waals surface area contributed by atoms with Gasteiger partial charge in [0.1, 0.15) is 0 Å². The van der Waals surface area contributed by atoms with Crippen molar-refractivity contribution >= 4 is 0 Å². The Morgan fingerprint density at radius 1 is 0.778 bits per heavy atom. The van der Waals surface area contributed by atoms with Crippen LogP contribution >= 0.6 is 0 Å². The fourth-order valence-corrected chi connectivity index (χ4v) is 2.17. The van der Waals surface area contributed by atoms with Crippen molar-refractivity contribution < 1.29 is 0 Å². The Morgan fingerprint density at radius 3 is 1.22 bits per heavy atom. The topological polar surface area (TPSA) is 0 Å². The van der Waals surface area contributed by atoms with Gasteiger partial charge in [0, 0.05) is 0 Å². The second kappa shape index (κ2) is 3.24. The van der Waals surface area contributed by atoms with Crippen LogP contribution in [-0.4, -0.2) is 0 Å². The molecule has 2 aliphatic rings. The lowest BCUT2D eigenvalue weighted by atomic mass is 10.0. The molecule has 0 aromatic heterocycles. The Labute approximate surface area is 58.7 Å². The summed E-state index contributed by atoms with van der Waals surface area (Å²) in [6.07, 6.45) is 7.82. The maximum Gasteiger partial charge on any atom is -0.0411 e. The Morgan fingerprint density at radius 2 is 1.11 bits per heavy atom. The van der Waals surface area contributed by atoms with Crippen LogP contribution in [0.1, 0.15) is 46.0 Å². The maximum absolute atomic E-state index is 2.00. The SMILES string of the molecule is C1CC2CCC1C2.CC. The van der Waals surface area contributed by atoms with Crippen LogP contribution in [0.25, 0.3) is 0 Å². The zero-order chi connectivity index (χ0) is 6.69. The van der Waals surface area contributed by atoms with Gasteiger partial charge in [0.25, 0.3) is 0 Å². The smallest absolute Gasteiger partial charge is 0.0411 e. The quantitative estimate of drug-likeness (QED) is 0.467. The molecule has 0 saturated heterocycles. The molecule has 0 heterocycles. The minimum atomic E-state index is 1.17. The molecule has 0 nitrogen and oxygen atoms in total. The molecule has 0 radical (unpaired) electrons. The maximum atomic E-state index is 2.00. The van der Waals surface area contributed by atoms with Crippen LogP contribution < -0.4 is 0 Å². The van der Waals surface area contributed by atoms with Crippen LogP contribution in [-0.2, 0) is 0 Å². The molecule has 0 aromatic carbocycles. The van der Waals surface area contributed by atoms with Gasteiger partial charge in [-0.2, -0.15) is 0 Å². The van der Waals surface area contributed by atoms with Crippen LogP contribution in [0.15, 0.2) is 0 Å². The zero-order valence-corrected chi connectivity index (χ0v) is 6.69. The molecule has 2 bridgehead atoms. The normalized spacial score (nSPS) is 38.0. The molecule has 0 atom stereocenters. The molecular weight excluding hydrogens is 108 g/mol. The lowest BCUT2D eigenvalue weighted by Gasteiger charge is -2.05. The third-order valence-electron chi connectivity index (χ3n) is 2.63. The molecule has 2 rings (SSSR count). The van der Waals surface area contributed by atoms with Crippen molar-refractivity contribution in [3.63, 3.8) is 0 Å². The van der Waals surface area contributed by atoms with E-state index in [1.54, 1.807) is 32.1 Å². The summed E-state index contributed by atoms with van der Waals surface area (Å²) in [5, 5.41) is 0. The Kier molecular flexibility index (Phi) is 2.56. The lowest BCUT2D eigenvalue weighted by molar-refractivity contribution is 0.480. The Hall–Kier alpha value is 0. The van der Waals surface area contributed by atoms with Gasteiger partial charge in [-0.05, 0) is 18.3 Å².